The van der Waals surface area contributed by atoms with Crippen LogP contribution in [0.1, 0.15) is 16.8 Å². The molecule has 1 atom stereocenters. The van der Waals surface area contributed by atoms with Crippen LogP contribution in [0, 0.1) is 0 Å². The van der Waals surface area contributed by atoms with Crippen molar-refractivity contribution in [3.63, 3.8) is 0 Å². The van der Waals surface area contributed by atoms with Gasteiger partial charge in [0.1, 0.15) is 12.6 Å². The smallest absolute Gasteiger partial charge is 0.249 e. The third kappa shape index (κ3) is 5.49. The molecular formula is C30H30ClN3O6. The number of nitrogens with zero attached hydrogens (tertiary/aromatic N) is 2. The van der Waals surface area contributed by atoms with E-state index in [0.717, 1.165) is 5.56 Å². The quantitative estimate of drug-likeness (QED) is 0.272. The molecule has 0 spiro atoms. The van der Waals surface area contributed by atoms with E-state index in [9.17, 15) is 19.8 Å². The molecule has 2 amide bonds. The van der Waals surface area contributed by atoms with Crippen LogP contribution in [0.5, 0.6) is 11.5 Å². The van der Waals surface area contributed by atoms with Gasteiger partial charge in [-0.1, -0.05) is 48.0 Å². The second kappa shape index (κ2) is 12.0. The van der Waals surface area contributed by atoms with Gasteiger partial charge < -0.3 is 34.5 Å². The predicted octanol–water partition coefficient (Wildman–Crippen LogP) is 3.44. The molecule has 1 aromatic heterocycles. The molecule has 3 N–H and O–H groups in total. The molecule has 1 aliphatic heterocycles. The first-order valence-corrected chi connectivity index (χ1v) is 13.3. The fourth-order valence-corrected chi connectivity index (χ4v) is 5.40. The van der Waals surface area contributed by atoms with Gasteiger partial charge in [0, 0.05) is 42.9 Å². The Balaban J connectivity index is 1.43. The first-order chi connectivity index (χ1) is 19.4. The molecule has 0 unspecified atom stereocenters. The van der Waals surface area contributed by atoms with E-state index in [2.05, 4.69) is 5.32 Å². The number of hydrogen-bond donors (Lipinski definition) is 3. The fourth-order valence-electron chi connectivity index (χ4n) is 5.12. The number of aliphatic hydroxyl groups excluding tert-OH is 2. The Morgan fingerprint density at radius 2 is 1.82 bits per heavy atom. The lowest BCUT2D eigenvalue weighted by atomic mass is 10.0. The average Bonchev–Trinajstić information content (AvgIpc) is 3.55. The van der Waals surface area contributed by atoms with Crippen molar-refractivity contribution < 1.29 is 29.3 Å². The number of aromatic nitrogens is 1. The van der Waals surface area contributed by atoms with E-state index in [1.54, 1.807) is 41.9 Å². The van der Waals surface area contributed by atoms with Crippen LogP contribution < -0.4 is 19.7 Å². The van der Waals surface area contributed by atoms with E-state index in [4.69, 9.17) is 21.1 Å². The molecule has 0 saturated heterocycles. The molecule has 0 radical (unpaired) electrons. The van der Waals surface area contributed by atoms with Gasteiger partial charge in [0.15, 0.2) is 11.5 Å². The Hall–Kier alpha value is -4.05. The molecule has 10 heteroatoms. The molecule has 0 bridgehead atoms. The number of hydrogen-bond acceptors (Lipinski definition) is 6. The number of carbonyl (C=O) groups is 2. The SMILES string of the molecule is CN(C(=O)[C@H](Cc1ccccc1)NC(=O)Cn1c(CO)c(CCO)c2c(Cl)cccc21)c1ccc2c(c1)OCO2. The number of ether oxygens (including phenoxy) is 2. The van der Waals surface area contributed by atoms with Crippen LogP contribution in [0.25, 0.3) is 10.9 Å². The second-order valence-corrected chi connectivity index (χ2v) is 9.93. The van der Waals surface area contributed by atoms with Crippen LogP contribution in [-0.2, 0) is 35.6 Å². The van der Waals surface area contributed by atoms with Crippen molar-refractivity contribution in [1.82, 2.24) is 9.88 Å². The summed E-state index contributed by atoms with van der Waals surface area (Å²) in [5.41, 5.74) is 3.34. The maximum Gasteiger partial charge on any atom is 0.249 e. The summed E-state index contributed by atoms with van der Waals surface area (Å²) in [5, 5.41) is 23.9. The van der Waals surface area contributed by atoms with Crippen LogP contribution in [0.15, 0.2) is 66.7 Å². The number of fused-ring (bicyclic) bond motifs is 2. The summed E-state index contributed by atoms with van der Waals surface area (Å²) in [6.45, 7) is -0.501. The zero-order valence-electron chi connectivity index (χ0n) is 22.0. The van der Waals surface area contributed by atoms with Crippen molar-refractivity contribution in [2.45, 2.75) is 32.0 Å². The first-order valence-electron chi connectivity index (χ1n) is 12.9. The number of carbonyl (C=O) groups excluding carboxylic acids is 2. The largest absolute Gasteiger partial charge is 0.454 e. The highest BCUT2D eigenvalue weighted by Gasteiger charge is 2.28. The predicted molar refractivity (Wildman–Crippen MR) is 152 cm³/mol. The molecule has 0 fully saturated rings. The molecule has 40 heavy (non-hydrogen) atoms. The Morgan fingerprint density at radius 3 is 2.58 bits per heavy atom. The Bertz CT molecular complexity index is 1540. The molecule has 3 aromatic carbocycles. The van der Waals surface area contributed by atoms with Gasteiger partial charge in [-0.3, -0.25) is 9.59 Å². The van der Waals surface area contributed by atoms with Gasteiger partial charge in [-0.2, -0.15) is 0 Å². The van der Waals surface area contributed by atoms with Crippen molar-refractivity contribution in [2.24, 2.45) is 0 Å². The third-order valence-electron chi connectivity index (χ3n) is 7.06. The summed E-state index contributed by atoms with van der Waals surface area (Å²) in [7, 11) is 1.65. The summed E-state index contributed by atoms with van der Waals surface area (Å²) >= 11 is 6.48. The monoisotopic (exact) mass is 563 g/mol. The maximum atomic E-state index is 13.8. The zero-order valence-corrected chi connectivity index (χ0v) is 22.7. The molecule has 5 rings (SSSR count). The van der Waals surface area contributed by atoms with Crippen molar-refractivity contribution >= 4 is 40.0 Å². The molecule has 1 aliphatic rings. The number of nitrogens with one attached hydrogen (secondary N) is 1. The van der Waals surface area contributed by atoms with Gasteiger partial charge in [-0.15, -0.1) is 0 Å². The highest BCUT2D eigenvalue weighted by atomic mass is 35.5. The lowest BCUT2D eigenvalue weighted by molar-refractivity contribution is -0.127. The van der Waals surface area contributed by atoms with Gasteiger partial charge in [0.25, 0.3) is 0 Å². The van der Waals surface area contributed by atoms with Gasteiger partial charge in [-0.25, -0.2) is 0 Å². The molecule has 2 heterocycles. The number of halogens is 1. The van der Waals surface area contributed by atoms with Crippen molar-refractivity contribution in [3.8, 4) is 11.5 Å². The molecule has 9 nitrogen and oxygen atoms in total. The van der Waals surface area contributed by atoms with Gasteiger partial charge in [0.05, 0.1) is 17.1 Å². The van der Waals surface area contributed by atoms with Crippen molar-refractivity contribution in [1.29, 1.82) is 0 Å². The van der Waals surface area contributed by atoms with E-state index < -0.39 is 11.9 Å². The van der Waals surface area contributed by atoms with E-state index in [-0.39, 0.29) is 45.3 Å². The van der Waals surface area contributed by atoms with Crippen LogP contribution in [0.4, 0.5) is 5.69 Å². The zero-order chi connectivity index (χ0) is 28.2. The summed E-state index contributed by atoms with van der Waals surface area (Å²) in [6.07, 6.45) is 0.557. The number of amides is 2. The van der Waals surface area contributed by atoms with Crippen LogP contribution in [0.2, 0.25) is 5.02 Å². The topological polar surface area (TPSA) is 113 Å². The second-order valence-electron chi connectivity index (χ2n) is 9.52. The number of aliphatic hydroxyl groups is 2. The minimum Gasteiger partial charge on any atom is -0.454 e. The van der Waals surface area contributed by atoms with Crippen molar-refractivity contribution in [3.05, 3.63) is 88.6 Å². The number of benzene rings is 3. The summed E-state index contributed by atoms with van der Waals surface area (Å²) < 4.78 is 12.5. The van der Waals surface area contributed by atoms with E-state index in [0.29, 0.717) is 44.4 Å². The molecule has 0 aliphatic carbocycles. The molecule has 4 aromatic rings. The van der Waals surface area contributed by atoms with E-state index in [1.807, 2.05) is 36.4 Å². The van der Waals surface area contributed by atoms with Crippen LogP contribution in [-0.4, -0.2) is 53.1 Å². The van der Waals surface area contributed by atoms with Gasteiger partial charge >= 0.3 is 0 Å². The van der Waals surface area contributed by atoms with Gasteiger partial charge in [0.2, 0.25) is 18.6 Å². The number of likely N-dealkylation sites (N-methyl/N-ethyl adjacent to an activating group) is 1. The standard InChI is InChI=1S/C30H30ClN3O6/c1-33(20-10-11-26-27(15-20)40-18-39-26)30(38)23(14-19-6-3-2-4-7-19)32-28(37)16-34-24-9-5-8-22(31)29(24)21(12-13-35)25(34)17-36/h2-11,15,23,35-36H,12-14,16-18H2,1H3,(H,32,37)/t23-/m0/s1. The molecule has 208 valence electrons. The maximum absolute atomic E-state index is 13.8. The highest BCUT2D eigenvalue weighted by Crippen LogP contribution is 2.36. The Morgan fingerprint density at radius 1 is 1.05 bits per heavy atom. The molecule has 0 saturated carbocycles. The molecular weight excluding hydrogens is 534 g/mol. The highest BCUT2D eigenvalue weighted by molar-refractivity contribution is 6.35. The van der Waals surface area contributed by atoms with E-state index >= 15 is 0 Å². The number of anilines is 1. The van der Waals surface area contributed by atoms with E-state index in [1.165, 1.54) is 4.90 Å². The normalized spacial score (nSPS) is 12.9. The summed E-state index contributed by atoms with van der Waals surface area (Å²) in [5.74, 6) is 0.447. The van der Waals surface area contributed by atoms with Crippen LogP contribution >= 0.6 is 11.6 Å². The minimum absolute atomic E-state index is 0.123. The van der Waals surface area contributed by atoms with Gasteiger partial charge in [-0.05, 0) is 41.8 Å². The first kappa shape index (κ1) is 27.5. The minimum atomic E-state index is -0.870. The lowest BCUT2D eigenvalue weighted by Gasteiger charge is -2.25. The number of rotatable bonds is 10. The Kier molecular flexibility index (Phi) is 8.25. The van der Waals surface area contributed by atoms with Crippen molar-refractivity contribution in [2.75, 3.05) is 25.3 Å². The summed E-state index contributed by atoms with van der Waals surface area (Å²) in [4.78, 5) is 28.7. The fraction of sp³-hybridized carbons (Fsp3) is 0.267. The summed E-state index contributed by atoms with van der Waals surface area (Å²) in [6, 6.07) is 19.1. The Labute approximate surface area is 236 Å². The average molecular weight is 564 g/mol. The van der Waals surface area contributed by atoms with Crippen LogP contribution in [0.3, 0.4) is 0 Å². The third-order valence-corrected chi connectivity index (χ3v) is 7.38. The lowest BCUT2D eigenvalue weighted by Crippen LogP contribution is -2.49.